The van der Waals surface area contributed by atoms with Gasteiger partial charge in [-0.1, -0.05) is 13.3 Å². The topological polar surface area (TPSA) is 9.23 Å². The second kappa shape index (κ2) is 5.00. The second-order valence-corrected chi connectivity index (χ2v) is 3.84. The van der Waals surface area contributed by atoms with Gasteiger partial charge in [-0.15, -0.1) is 11.6 Å². The van der Waals surface area contributed by atoms with Crippen LogP contribution < -0.4 is 0 Å². The molecular formula is C9H17ClO. The molecule has 66 valence electrons. The van der Waals surface area contributed by atoms with Crippen LogP contribution >= 0.6 is 11.6 Å². The molecule has 0 bridgehead atoms. The van der Waals surface area contributed by atoms with Gasteiger partial charge < -0.3 is 4.74 Å². The van der Waals surface area contributed by atoms with Crippen LogP contribution in [0.2, 0.25) is 0 Å². The van der Waals surface area contributed by atoms with E-state index >= 15 is 0 Å². The third-order valence-electron chi connectivity index (χ3n) is 2.25. The van der Waals surface area contributed by atoms with E-state index in [0.717, 1.165) is 19.6 Å². The molecule has 1 saturated carbocycles. The van der Waals surface area contributed by atoms with E-state index < -0.39 is 0 Å². The van der Waals surface area contributed by atoms with Crippen molar-refractivity contribution in [1.29, 1.82) is 0 Å². The van der Waals surface area contributed by atoms with Crippen LogP contribution in [0.15, 0.2) is 0 Å². The first-order valence-electron chi connectivity index (χ1n) is 4.56. The fourth-order valence-corrected chi connectivity index (χ4v) is 1.91. The fraction of sp³-hybridized carbons (Fsp3) is 1.00. The van der Waals surface area contributed by atoms with E-state index in [1.54, 1.807) is 0 Å². The second-order valence-electron chi connectivity index (χ2n) is 3.28. The molecule has 2 heteroatoms. The van der Waals surface area contributed by atoms with Crippen LogP contribution in [0.4, 0.5) is 0 Å². The van der Waals surface area contributed by atoms with E-state index in [2.05, 4.69) is 6.92 Å². The smallest absolute Gasteiger partial charge is 0.0508 e. The molecule has 1 fully saturated rings. The minimum absolute atomic E-state index is 0.381. The lowest BCUT2D eigenvalue weighted by Crippen LogP contribution is -2.14. The molecule has 0 aromatic heterocycles. The predicted octanol–water partition coefficient (Wildman–Crippen LogP) is 2.82. The summed E-state index contributed by atoms with van der Waals surface area (Å²) in [4.78, 5) is 0. The lowest BCUT2D eigenvalue weighted by molar-refractivity contribution is 0.103. The van der Waals surface area contributed by atoms with E-state index in [0.29, 0.717) is 11.3 Å². The van der Waals surface area contributed by atoms with Gasteiger partial charge in [0.05, 0.1) is 6.61 Å². The molecule has 0 N–H and O–H groups in total. The SMILES string of the molecule is CCCOCC1CCCC1Cl. The summed E-state index contributed by atoms with van der Waals surface area (Å²) in [5.41, 5.74) is 0. The summed E-state index contributed by atoms with van der Waals surface area (Å²) in [7, 11) is 0. The molecule has 0 aromatic rings. The Hall–Kier alpha value is 0.250. The first-order chi connectivity index (χ1) is 5.34. The monoisotopic (exact) mass is 176 g/mol. The molecular weight excluding hydrogens is 160 g/mol. The molecule has 1 rings (SSSR count). The normalized spacial score (nSPS) is 31.1. The third kappa shape index (κ3) is 3.00. The van der Waals surface area contributed by atoms with Gasteiger partial charge in [-0.2, -0.15) is 0 Å². The van der Waals surface area contributed by atoms with Gasteiger partial charge in [0.2, 0.25) is 0 Å². The van der Waals surface area contributed by atoms with Gasteiger partial charge in [0.25, 0.3) is 0 Å². The molecule has 1 aliphatic carbocycles. The van der Waals surface area contributed by atoms with Crippen LogP contribution in [-0.2, 0) is 4.74 Å². The Labute approximate surface area is 74.1 Å². The summed E-state index contributed by atoms with van der Waals surface area (Å²) in [6.45, 7) is 3.90. The van der Waals surface area contributed by atoms with E-state index in [4.69, 9.17) is 16.3 Å². The number of hydrogen-bond acceptors (Lipinski definition) is 1. The van der Waals surface area contributed by atoms with Crippen molar-refractivity contribution in [3.63, 3.8) is 0 Å². The zero-order valence-corrected chi connectivity index (χ0v) is 7.94. The molecule has 2 unspecified atom stereocenters. The Morgan fingerprint density at radius 1 is 1.45 bits per heavy atom. The minimum atomic E-state index is 0.381. The Bertz CT molecular complexity index is 106. The summed E-state index contributed by atoms with van der Waals surface area (Å²) >= 11 is 6.08. The van der Waals surface area contributed by atoms with Gasteiger partial charge in [0, 0.05) is 12.0 Å². The van der Waals surface area contributed by atoms with Gasteiger partial charge in [-0.25, -0.2) is 0 Å². The Kier molecular flexibility index (Phi) is 4.24. The number of ether oxygens (including phenoxy) is 1. The predicted molar refractivity (Wildman–Crippen MR) is 48.1 cm³/mol. The van der Waals surface area contributed by atoms with Crippen molar-refractivity contribution in [2.75, 3.05) is 13.2 Å². The number of hydrogen-bond donors (Lipinski definition) is 0. The highest BCUT2D eigenvalue weighted by molar-refractivity contribution is 6.20. The summed E-state index contributed by atoms with van der Waals surface area (Å²) < 4.78 is 5.45. The highest BCUT2D eigenvalue weighted by atomic mass is 35.5. The lowest BCUT2D eigenvalue weighted by Gasteiger charge is -2.12. The van der Waals surface area contributed by atoms with Crippen LogP contribution in [0.1, 0.15) is 32.6 Å². The summed E-state index contributed by atoms with van der Waals surface area (Å²) in [5, 5.41) is 0.381. The Morgan fingerprint density at radius 2 is 2.27 bits per heavy atom. The van der Waals surface area contributed by atoms with Crippen LogP contribution in [0.25, 0.3) is 0 Å². The summed E-state index contributed by atoms with van der Waals surface area (Å²) in [6.07, 6.45) is 4.84. The minimum Gasteiger partial charge on any atom is -0.381 e. The quantitative estimate of drug-likeness (QED) is 0.473. The molecule has 0 amide bonds. The van der Waals surface area contributed by atoms with Crippen LogP contribution in [0.5, 0.6) is 0 Å². The van der Waals surface area contributed by atoms with Crippen LogP contribution in [-0.4, -0.2) is 18.6 Å². The summed E-state index contributed by atoms with van der Waals surface area (Å²) in [5.74, 6) is 0.628. The average Bonchev–Trinajstić information content (AvgIpc) is 2.37. The molecule has 11 heavy (non-hydrogen) atoms. The van der Waals surface area contributed by atoms with Gasteiger partial charge >= 0.3 is 0 Å². The Balaban J connectivity index is 2.05. The van der Waals surface area contributed by atoms with Crippen molar-refractivity contribution in [1.82, 2.24) is 0 Å². The fourth-order valence-electron chi connectivity index (χ4n) is 1.56. The van der Waals surface area contributed by atoms with Gasteiger partial charge in [-0.05, 0) is 25.2 Å². The molecule has 0 heterocycles. The van der Waals surface area contributed by atoms with Crippen molar-refractivity contribution in [2.45, 2.75) is 38.0 Å². The third-order valence-corrected chi connectivity index (χ3v) is 2.82. The van der Waals surface area contributed by atoms with E-state index in [-0.39, 0.29) is 0 Å². The zero-order valence-electron chi connectivity index (χ0n) is 7.18. The highest BCUT2D eigenvalue weighted by Gasteiger charge is 2.24. The molecule has 1 aliphatic rings. The average molecular weight is 177 g/mol. The lowest BCUT2D eigenvalue weighted by atomic mass is 10.1. The largest absolute Gasteiger partial charge is 0.381 e. The highest BCUT2D eigenvalue weighted by Crippen LogP contribution is 2.30. The standard InChI is InChI=1S/C9H17ClO/c1-2-6-11-7-8-4-3-5-9(8)10/h8-9H,2-7H2,1H3. The number of rotatable bonds is 4. The van der Waals surface area contributed by atoms with Crippen LogP contribution in [0.3, 0.4) is 0 Å². The van der Waals surface area contributed by atoms with Crippen molar-refractivity contribution in [2.24, 2.45) is 5.92 Å². The zero-order chi connectivity index (χ0) is 8.10. The number of halogens is 1. The van der Waals surface area contributed by atoms with Crippen molar-refractivity contribution < 1.29 is 4.74 Å². The van der Waals surface area contributed by atoms with E-state index in [1.807, 2.05) is 0 Å². The molecule has 0 aromatic carbocycles. The van der Waals surface area contributed by atoms with E-state index in [9.17, 15) is 0 Å². The number of alkyl halides is 1. The maximum atomic E-state index is 6.08. The van der Waals surface area contributed by atoms with Crippen molar-refractivity contribution >= 4 is 11.6 Å². The maximum Gasteiger partial charge on any atom is 0.0508 e. The molecule has 0 spiro atoms. The van der Waals surface area contributed by atoms with Gasteiger partial charge in [0.1, 0.15) is 0 Å². The van der Waals surface area contributed by atoms with Crippen molar-refractivity contribution in [3.8, 4) is 0 Å². The van der Waals surface area contributed by atoms with Gasteiger partial charge in [0.15, 0.2) is 0 Å². The summed E-state index contributed by atoms with van der Waals surface area (Å²) in [6, 6.07) is 0. The molecule has 0 aliphatic heterocycles. The molecule has 0 radical (unpaired) electrons. The van der Waals surface area contributed by atoms with E-state index in [1.165, 1.54) is 19.3 Å². The Morgan fingerprint density at radius 3 is 2.82 bits per heavy atom. The first-order valence-corrected chi connectivity index (χ1v) is 5.00. The first kappa shape index (κ1) is 9.34. The maximum absolute atomic E-state index is 6.08. The van der Waals surface area contributed by atoms with Crippen molar-refractivity contribution in [3.05, 3.63) is 0 Å². The van der Waals surface area contributed by atoms with Crippen LogP contribution in [0, 0.1) is 5.92 Å². The molecule has 2 atom stereocenters. The molecule has 1 nitrogen and oxygen atoms in total. The molecule has 0 saturated heterocycles. The van der Waals surface area contributed by atoms with Gasteiger partial charge in [-0.3, -0.25) is 0 Å².